The summed E-state index contributed by atoms with van der Waals surface area (Å²) in [5.74, 6) is 0.540. The monoisotopic (exact) mass is 238 g/mol. The molecule has 0 atom stereocenters. The van der Waals surface area contributed by atoms with Gasteiger partial charge in [-0.1, -0.05) is 11.6 Å². The average molecular weight is 239 g/mol. The third kappa shape index (κ3) is 1.79. The second-order valence-electron chi connectivity index (χ2n) is 3.46. The number of nitrogens with zero attached hydrogens (tertiary/aromatic N) is 4. The van der Waals surface area contributed by atoms with E-state index < -0.39 is 0 Å². The van der Waals surface area contributed by atoms with Crippen LogP contribution in [-0.4, -0.2) is 25.1 Å². The molecule has 5 nitrogen and oxygen atoms in total. The number of rotatable bonds is 2. The zero-order valence-electron chi connectivity index (χ0n) is 8.98. The highest BCUT2D eigenvalue weighted by Crippen LogP contribution is 2.22. The van der Waals surface area contributed by atoms with Gasteiger partial charge in [0.2, 0.25) is 0 Å². The lowest BCUT2D eigenvalue weighted by molar-refractivity contribution is 0.281. The van der Waals surface area contributed by atoms with Crippen molar-refractivity contribution in [1.82, 2.24) is 20.0 Å². The largest absolute Gasteiger partial charge is 0.391 e. The van der Waals surface area contributed by atoms with Crippen molar-refractivity contribution >= 4 is 11.6 Å². The van der Waals surface area contributed by atoms with Gasteiger partial charge in [0.15, 0.2) is 5.82 Å². The van der Waals surface area contributed by atoms with Crippen LogP contribution >= 0.6 is 11.6 Å². The number of aliphatic hydroxyl groups is 1. The van der Waals surface area contributed by atoms with Crippen molar-refractivity contribution in [1.29, 1.82) is 0 Å². The van der Waals surface area contributed by atoms with E-state index in [0.717, 1.165) is 5.69 Å². The predicted octanol–water partition coefficient (Wildman–Crippen LogP) is 1.42. The zero-order valence-corrected chi connectivity index (χ0v) is 9.73. The third-order valence-electron chi connectivity index (χ3n) is 2.28. The van der Waals surface area contributed by atoms with Crippen molar-refractivity contribution in [3.05, 3.63) is 34.2 Å². The molecule has 0 bridgehead atoms. The number of aromatic nitrogens is 4. The summed E-state index contributed by atoms with van der Waals surface area (Å²) in [5.41, 5.74) is 2.13. The second kappa shape index (κ2) is 4.19. The molecule has 0 saturated heterocycles. The molecule has 2 rings (SSSR count). The molecule has 0 spiro atoms. The first-order valence-electron chi connectivity index (χ1n) is 4.79. The van der Waals surface area contributed by atoms with Crippen molar-refractivity contribution in [2.24, 2.45) is 0 Å². The molecule has 2 aromatic rings. The SMILES string of the molecule is Cc1ccc(-n2nc(C)c(CO)c2Cl)nn1. The molecule has 0 aliphatic carbocycles. The van der Waals surface area contributed by atoms with Gasteiger partial charge in [0.05, 0.1) is 18.0 Å². The number of hydrogen-bond acceptors (Lipinski definition) is 4. The van der Waals surface area contributed by atoms with Crippen molar-refractivity contribution in [2.45, 2.75) is 20.5 Å². The van der Waals surface area contributed by atoms with Gasteiger partial charge in [-0.15, -0.1) is 5.10 Å². The highest BCUT2D eigenvalue weighted by Gasteiger charge is 2.14. The summed E-state index contributed by atoms with van der Waals surface area (Å²) in [5, 5.41) is 21.6. The van der Waals surface area contributed by atoms with Crippen molar-refractivity contribution in [3.63, 3.8) is 0 Å². The van der Waals surface area contributed by atoms with E-state index in [1.165, 1.54) is 4.68 Å². The van der Waals surface area contributed by atoms with Crippen LogP contribution in [0.25, 0.3) is 5.82 Å². The summed E-state index contributed by atoms with van der Waals surface area (Å²) in [6, 6.07) is 3.61. The molecule has 2 heterocycles. The van der Waals surface area contributed by atoms with Crippen LogP contribution in [0.15, 0.2) is 12.1 Å². The average Bonchev–Trinajstić information content (AvgIpc) is 2.55. The van der Waals surface area contributed by atoms with Crippen LogP contribution in [0.1, 0.15) is 17.0 Å². The van der Waals surface area contributed by atoms with Crippen LogP contribution in [0, 0.1) is 13.8 Å². The Balaban J connectivity index is 2.52. The lowest BCUT2D eigenvalue weighted by atomic mass is 10.3. The third-order valence-corrected chi connectivity index (χ3v) is 2.67. The Labute approximate surface area is 97.7 Å². The lowest BCUT2D eigenvalue weighted by Crippen LogP contribution is -2.02. The topological polar surface area (TPSA) is 63.8 Å². The Morgan fingerprint density at radius 1 is 1.31 bits per heavy atom. The summed E-state index contributed by atoms with van der Waals surface area (Å²) in [6.45, 7) is 3.51. The van der Waals surface area contributed by atoms with Crippen LogP contribution in [0.3, 0.4) is 0 Å². The van der Waals surface area contributed by atoms with E-state index in [4.69, 9.17) is 16.7 Å². The highest BCUT2D eigenvalue weighted by atomic mass is 35.5. The number of hydrogen-bond donors (Lipinski definition) is 1. The molecule has 0 saturated carbocycles. The Bertz CT molecular complexity index is 506. The van der Waals surface area contributed by atoms with Crippen molar-refractivity contribution < 1.29 is 5.11 Å². The summed E-state index contributed by atoms with van der Waals surface area (Å²) in [6.07, 6.45) is 0. The molecule has 16 heavy (non-hydrogen) atoms. The minimum atomic E-state index is -0.135. The van der Waals surface area contributed by atoms with E-state index in [9.17, 15) is 0 Å². The van der Waals surface area contributed by atoms with E-state index in [1.54, 1.807) is 13.0 Å². The number of halogens is 1. The first kappa shape index (κ1) is 11.0. The quantitative estimate of drug-likeness (QED) is 0.860. The molecular formula is C10H11ClN4O. The fourth-order valence-corrected chi connectivity index (χ4v) is 1.69. The lowest BCUT2D eigenvalue weighted by Gasteiger charge is -2.01. The Hall–Kier alpha value is -1.46. The smallest absolute Gasteiger partial charge is 0.177 e. The van der Waals surface area contributed by atoms with Gasteiger partial charge in [0.1, 0.15) is 5.15 Å². The molecule has 2 aromatic heterocycles. The van der Waals surface area contributed by atoms with E-state index in [-0.39, 0.29) is 6.61 Å². The van der Waals surface area contributed by atoms with Crippen molar-refractivity contribution in [2.75, 3.05) is 0 Å². The minimum absolute atomic E-state index is 0.135. The molecule has 0 aromatic carbocycles. The van der Waals surface area contributed by atoms with Gasteiger partial charge in [0, 0.05) is 5.56 Å². The molecule has 6 heteroatoms. The minimum Gasteiger partial charge on any atom is -0.391 e. The van der Waals surface area contributed by atoms with Crippen LogP contribution in [0.5, 0.6) is 0 Å². The summed E-state index contributed by atoms with van der Waals surface area (Å²) < 4.78 is 1.47. The zero-order chi connectivity index (χ0) is 11.7. The molecule has 0 unspecified atom stereocenters. The fourth-order valence-electron chi connectivity index (χ4n) is 1.37. The fraction of sp³-hybridized carbons (Fsp3) is 0.300. The van der Waals surface area contributed by atoms with Gasteiger partial charge < -0.3 is 5.11 Å². The molecular weight excluding hydrogens is 228 g/mol. The van der Waals surface area contributed by atoms with E-state index in [1.807, 2.05) is 13.0 Å². The van der Waals surface area contributed by atoms with Crippen LogP contribution < -0.4 is 0 Å². The Morgan fingerprint density at radius 2 is 2.06 bits per heavy atom. The van der Waals surface area contributed by atoms with Gasteiger partial charge >= 0.3 is 0 Å². The summed E-state index contributed by atoms with van der Waals surface area (Å²) in [4.78, 5) is 0. The van der Waals surface area contributed by atoms with Crippen LogP contribution in [-0.2, 0) is 6.61 Å². The van der Waals surface area contributed by atoms with Gasteiger partial charge in [-0.25, -0.2) is 4.68 Å². The normalized spacial score (nSPS) is 10.8. The Kier molecular flexibility index (Phi) is 2.89. The molecule has 0 amide bonds. The standard InChI is InChI=1S/C10H11ClN4O/c1-6-3-4-9(13-12-6)15-10(11)8(5-16)7(2)14-15/h3-4,16H,5H2,1-2H3. The van der Waals surface area contributed by atoms with Gasteiger partial charge in [0.25, 0.3) is 0 Å². The maximum Gasteiger partial charge on any atom is 0.177 e. The molecule has 0 aliphatic heterocycles. The highest BCUT2D eigenvalue weighted by molar-refractivity contribution is 6.30. The van der Waals surface area contributed by atoms with Crippen LogP contribution in [0.4, 0.5) is 0 Å². The van der Waals surface area contributed by atoms with Crippen LogP contribution in [0.2, 0.25) is 5.15 Å². The number of aliphatic hydroxyl groups excluding tert-OH is 1. The van der Waals surface area contributed by atoms with E-state index in [2.05, 4.69) is 15.3 Å². The van der Waals surface area contributed by atoms with E-state index in [0.29, 0.717) is 22.2 Å². The second-order valence-corrected chi connectivity index (χ2v) is 3.82. The molecule has 0 radical (unpaired) electrons. The summed E-state index contributed by atoms with van der Waals surface area (Å²) >= 11 is 6.08. The van der Waals surface area contributed by atoms with E-state index >= 15 is 0 Å². The number of aryl methyl sites for hydroxylation is 2. The van der Waals surface area contributed by atoms with Gasteiger partial charge in [-0.3, -0.25) is 0 Å². The predicted molar refractivity (Wildman–Crippen MR) is 59.6 cm³/mol. The van der Waals surface area contributed by atoms with Gasteiger partial charge in [-0.2, -0.15) is 10.2 Å². The van der Waals surface area contributed by atoms with Gasteiger partial charge in [-0.05, 0) is 26.0 Å². The maximum absolute atomic E-state index is 9.13. The summed E-state index contributed by atoms with van der Waals surface area (Å²) in [7, 11) is 0. The first-order valence-corrected chi connectivity index (χ1v) is 5.17. The molecule has 0 aliphatic rings. The molecule has 1 N–H and O–H groups in total. The molecule has 0 fully saturated rings. The maximum atomic E-state index is 9.13. The Morgan fingerprint density at radius 3 is 2.56 bits per heavy atom. The first-order chi connectivity index (χ1) is 7.63. The molecule has 84 valence electrons. The van der Waals surface area contributed by atoms with Crippen molar-refractivity contribution in [3.8, 4) is 5.82 Å².